The lowest BCUT2D eigenvalue weighted by Gasteiger charge is -2.28. The molecule has 0 spiro atoms. The van der Waals surface area contributed by atoms with E-state index in [-0.39, 0.29) is 6.54 Å². The molecule has 2 aromatic rings. The Morgan fingerprint density at radius 3 is 2.70 bits per heavy atom. The van der Waals surface area contributed by atoms with Gasteiger partial charge in [0.1, 0.15) is 5.82 Å². The van der Waals surface area contributed by atoms with E-state index in [1.54, 1.807) is 12.5 Å². The lowest BCUT2D eigenvalue weighted by molar-refractivity contribution is -0.139. The summed E-state index contributed by atoms with van der Waals surface area (Å²) in [5.74, 6) is -2.91. The molecule has 0 unspecified atom stereocenters. The van der Waals surface area contributed by atoms with Crippen molar-refractivity contribution in [2.45, 2.75) is 19.5 Å². The van der Waals surface area contributed by atoms with Crippen molar-refractivity contribution < 1.29 is 18.8 Å². The number of nitrogens with one attached hydrogen (secondary N) is 1. The topological polar surface area (TPSA) is 96.7 Å². The number of aromatic nitrogens is 2. The average Bonchev–Trinajstić information content (AvgIpc) is 3.16. The van der Waals surface area contributed by atoms with Gasteiger partial charge in [0.25, 0.3) is 0 Å². The first-order valence-corrected chi connectivity index (χ1v) is 8.41. The van der Waals surface area contributed by atoms with E-state index >= 15 is 0 Å². The number of halogens is 1. The van der Waals surface area contributed by atoms with Crippen LogP contribution in [0.15, 0.2) is 48.0 Å². The maximum absolute atomic E-state index is 13.0. The van der Waals surface area contributed by atoms with Crippen LogP contribution in [0.3, 0.4) is 0 Å². The molecule has 1 aliphatic rings. The third-order valence-electron chi connectivity index (χ3n) is 4.06. The van der Waals surface area contributed by atoms with Crippen LogP contribution in [0.2, 0.25) is 0 Å². The monoisotopic (exact) mass is 371 g/mol. The highest BCUT2D eigenvalue weighted by molar-refractivity contribution is 6.23. The van der Waals surface area contributed by atoms with Gasteiger partial charge in [0, 0.05) is 31.7 Å². The van der Waals surface area contributed by atoms with Crippen LogP contribution in [0.5, 0.6) is 0 Å². The predicted octanol–water partition coefficient (Wildman–Crippen LogP) is 1.38. The number of carbonyl (C=O) groups is 3. The molecule has 1 atom stereocenters. The number of barbiturate groups is 1. The van der Waals surface area contributed by atoms with Gasteiger partial charge < -0.3 is 4.57 Å². The number of nitrogens with zero attached hydrogens (tertiary/aromatic N) is 4. The first-order chi connectivity index (χ1) is 13.0. The molecule has 1 aromatic carbocycles. The smallest absolute Gasteiger partial charge is 0.331 e. The van der Waals surface area contributed by atoms with Crippen molar-refractivity contribution in [3.05, 3.63) is 54.4 Å². The third kappa shape index (κ3) is 4.63. The highest BCUT2D eigenvalue weighted by atomic mass is 19.1. The molecule has 2 heterocycles. The van der Waals surface area contributed by atoms with E-state index in [0.717, 1.165) is 11.4 Å². The van der Waals surface area contributed by atoms with Crippen LogP contribution in [-0.2, 0) is 22.7 Å². The molecule has 0 saturated carbocycles. The summed E-state index contributed by atoms with van der Waals surface area (Å²) in [6.45, 7) is 1.10. The van der Waals surface area contributed by atoms with Crippen LogP contribution in [0.1, 0.15) is 12.0 Å². The van der Waals surface area contributed by atoms with Gasteiger partial charge in [-0.15, -0.1) is 0 Å². The Hall–Kier alpha value is -3.36. The summed E-state index contributed by atoms with van der Waals surface area (Å²) in [6.07, 6.45) is 7.20. The van der Waals surface area contributed by atoms with Gasteiger partial charge in [0.05, 0.1) is 12.9 Å². The highest BCUT2D eigenvalue weighted by Crippen LogP contribution is 2.14. The molecule has 1 N–H and O–H groups in total. The Morgan fingerprint density at radius 2 is 2.00 bits per heavy atom. The normalized spacial score (nSPS) is 17.6. The van der Waals surface area contributed by atoms with Crippen molar-refractivity contribution >= 4 is 24.1 Å². The third-order valence-corrected chi connectivity index (χ3v) is 4.06. The fourth-order valence-electron chi connectivity index (χ4n) is 2.63. The molecule has 0 aliphatic carbocycles. The molecule has 1 aromatic heterocycles. The van der Waals surface area contributed by atoms with Gasteiger partial charge in [-0.1, -0.05) is 12.1 Å². The van der Waals surface area contributed by atoms with Crippen molar-refractivity contribution in [3.63, 3.8) is 0 Å². The second-order valence-electron chi connectivity index (χ2n) is 6.03. The zero-order valence-electron chi connectivity index (χ0n) is 14.4. The number of hydrogen-bond donors (Lipinski definition) is 1. The average molecular weight is 371 g/mol. The molecule has 4 amide bonds. The number of benzene rings is 1. The van der Waals surface area contributed by atoms with E-state index in [2.05, 4.69) is 15.3 Å². The Bertz CT molecular complexity index is 848. The van der Waals surface area contributed by atoms with Crippen molar-refractivity contribution in [1.82, 2.24) is 19.8 Å². The van der Waals surface area contributed by atoms with Crippen molar-refractivity contribution in [1.29, 1.82) is 0 Å². The number of amides is 4. The summed E-state index contributed by atoms with van der Waals surface area (Å²) in [6, 6.07) is 4.65. The van der Waals surface area contributed by atoms with Gasteiger partial charge >= 0.3 is 6.03 Å². The Kier molecular flexibility index (Phi) is 5.70. The Morgan fingerprint density at radius 1 is 1.22 bits per heavy atom. The minimum atomic E-state index is -1.16. The van der Waals surface area contributed by atoms with E-state index in [0.29, 0.717) is 18.5 Å². The molecule has 27 heavy (non-hydrogen) atoms. The van der Waals surface area contributed by atoms with Gasteiger partial charge in [0.2, 0.25) is 11.8 Å². The molecule has 140 valence electrons. The van der Waals surface area contributed by atoms with Crippen LogP contribution >= 0.6 is 0 Å². The molecule has 0 radical (unpaired) electrons. The number of aryl methyl sites for hydroxylation is 1. The van der Waals surface area contributed by atoms with Crippen LogP contribution in [0, 0.1) is 11.7 Å². The van der Waals surface area contributed by atoms with Crippen LogP contribution in [-0.4, -0.2) is 45.1 Å². The van der Waals surface area contributed by atoms with E-state index in [1.165, 1.54) is 30.5 Å². The minimum Gasteiger partial charge on any atom is -0.337 e. The van der Waals surface area contributed by atoms with Gasteiger partial charge in [-0.3, -0.25) is 24.8 Å². The number of rotatable bonds is 7. The number of imide groups is 2. The molecule has 9 heteroatoms. The lowest BCUT2D eigenvalue weighted by atomic mass is 10.1. The zero-order valence-corrected chi connectivity index (χ0v) is 14.4. The highest BCUT2D eigenvalue weighted by Gasteiger charge is 2.39. The largest absolute Gasteiger partial charge is 0.337 e. The molecule has 1 fully saturated rings. The molecular formula is C18H18FN5O3. The van der Waals surface area contributed by atoms with Crippen LogP contribution in [0.25, 0.3) is 0 Å². The fourth-order valence-corrected chi connectivity index (χ4v) is 2.63. The summed E-state index contributed by atoms with van der Waals surface area (Å²) in [5, 5.41) is 2.15. The first-order valence-electron chi connectivity index (χ1n) is 8.41. The fraction of sp³-hybridized carbons (Fsp3) is 0.278. The summed E-state index contributed by atoms with van der Waals surface area (Å²) in [4.78, 5) is 45.5. The van der Waals surface area contributed by atoms with E-state index in [9.17, 15) is 18.8 Å². The number of imidazole rings is 1. The van der Waals surface area contributed by atoms with E-state index in [1.807, 2.05) is 10.8 Å². The van der Waals surface area contributed by atoms with Gasteiger partial charge in [-0.2, -0.15) is 0 Å². The Labute approximate surface area is 154 Å². The molecule has 0 bridgehead atoms. The summed E-state index contributed by atoms with van der Waals surface area (Å²) in [7, 11) is 0. The van der Waals surface area contributed by atoms with Crippen molar-refractivity contribution in [2.75, 3.05) is 6.54 Å². The standard InChI is InChI=1S/C18H18FN5O3/c19-14-4-2-13(3-5-14)11-24-17(26)15(16(25)22-18(24)27)10-20-6-1-8-23-9-7-21-12-23/h2-5,7,9-10,12,15H,1,6,8,11H2,(H,22,25,27)/t15-/m1/s1. The van der Waals surface area contributed by atoms with Gasteiger partial charge in [0.15, 0.2) is 5.92 Å². The van der Waals surface area contributed by atoms with E-state index < -0.39 is 29.6 Å². The number of urea groups is 1. The van der Waals surface area contributed by atoms with Crippen LogP contribution in [0.4, 0.5) is 9.18 Å². The number of aliphatic imine (C=N–C) groups is 1. The molecular weight excluding hydrogens is 353 g/mol. The molecule has 8 nitrogen and oxygen atoms in total. The van der Waals surface area contributed by atoms with Crippen molar-refractivity contribution in [3.8, 4) is 0 Å². The maximum Gasteiger partial charge on any atom is 0.331 e. The summed E-state index contributed by atoms with van der Waals surface area (Å²) >= 11 is 0. The predicted molar refractivity (Wildman–Crippen MR) is 94.2 cm³/mol. The lowest BCUT2D eigenvalue weighted by Crippen LogP contribution is -2.57. The molecule has 1 aliphatic heterocycles. The second kappa shape index (κ2) is 8.35. The quantitative estimate of drug-likeness (QED) is 0.452. The second-order valence-corrected chi connectivity index (χ2v) is 6.03. The van der Waals surface area contributed by atoms with Gasteiger partial charge in [-0.25, -0.2) is 14.2 Å². The van der Waals surface area contributed by atoms with E-state index in [4.69, 9.17) is 0 Å². The maximum atomic E-state index is 13.0. The molecule has 3 rings (SSSR count). The van der Waals surface area contributed by atoms with Crippen molar-refractivity contribution in [2.24, 2.45) is 10.9 Å². The number of hydrogen-bond acceptors (Lipinski definition) is 5. The molecule has 1 saturated heterocycles. The summed E-state index contributed by atoms with van der Waals surface area (Å²) in [5.41, 5.74) is 0.574. The zero-order chi connectivity index (χ0) is 19.2. The summed E-state index contributed by atoms with van der Waals surface area (Å²) < 4.78 is 14.9. The SMILES string of the molecule is O=C1NC(=O)N(Cc2ccc(F)cc2)C(=O)[C@@H]1C=NCCCn1ccnc1. The van der Waals surface area contributed by atoms with Crippen LogP contribution < -0.4 is 5.32 Å². The minimum absolute atomic E-state index is 0.0524. The first kappa shape index (κ1) is 18.4. The number of carbonyl (C=O) groups excluding carboxylic acids is 3. The Balaban J connectivity index is 1.59. The van der Waals surface area contributed by atoms with Gasteiger partial charge in [-0.05, 0) is 24.1 Å².